The van der Waals surface area contributed by atoms with Crippen LogP contribution in [0.2, 0.25) is 0 Å². The molecule has 1 saturated carbocycles. The second-order valence-electron chi connectivity index (χ2n) is 5.13. The zero-order valence-electron chi connectivity index (χ0n) is 11.5. The Labute approximate surface area is 122 Å². The van der Waals surface area contributed by atoms with Crippen molar-refractivity contribution in [2.45, 2.75) is 36.1 Å². The summed E-state index contributed by atoms with van der Waals surface area (Å²) < 4.78 is 26.6. The number of hydrogen-bond acceptors (Lipinski definition) is 3. The van der Waals surface area contributed by atoms with Gasteiger partial charge in [0.15, 0.2) is 0 Å². The molecule has 1 aromatic carbocycles. The van der Waals surface area contributed by atoms with Crippen molar-refractivity contribution in [3.63, 3.8) is 0 Å². The molecule has 2 atom stereocenters. The van der Waals surface area contributed by atoms with Gasteiger partial charge in [0.05, 0.1) is 6.07 Å². The van der Waals surface area contributed by atoms with Crippen LogP contribution < -0.4 is 5.32 Å². The Hall–Kier alpha value is -1.12. The van der Waals surface area contributed by atoms with Gasteiger partial charge in [-0.2, -0.15) is 5.26 Å². The largest absolute Gasteiger partial charge is 0.302 e. The SMILES string of the molecule is CNC1(C#N)CCCC1CCSc1cc(F)ccc1F. The number of nitrogens with one attached hydrogen (secondary N) is 1. The van der Waals surface area contributed by atoms with E-state index in [0.717, 1.165) is 37.8 Å². The topological polar surface area (TPSA) is 35.8 Å². The average Bonchev–Trinajstić information content (AvgIpc) is 2.86. The van der Waals surface area contributed by atoms with Crippen LogP contribution in [-0.2, 0) is 0 Å². The predicted octanol–water partition coefficient (Wildman–Crippen LogP) is 3.73. The smallest absolute Gasteiger partial charge is 0.136 e. The number of nitriles is 1. The first-order chi connectivity index (χ1) is 9.61. The minimum atomic E-state index is -0.443. The summed E-state index contributed by atoms with van der Waals surface area (Å²) >= 11 is 1.32. The third-order valence-electron chi connectivity index (χ3n) is 4.08. The first kappa shape index (κ1) is 15.3. The molecule has 2 rings (SSSR count). The summed E-state index contributed by atoms with van der Waals surface area (Å²) in [5.74, 6) is 0.164. The third-order valence-corrected chi connectivity index (χ3v) is 5.15. The lowest BCUT2D eigenvalue weighted by Crippen LogP contribution is -2.44. The minimum absolute atomic E-state index is 0.279. The average molecular weight is 296 g/mol. The van der Waals surface area contributed by atoms with E-state index in [1.165, 1.54) is 17.8 Å². The van der Waals surface area contributed by atoms with Crippen LogP contribution in [0, 0.1) is 28.9 Å². The Morgan fingerprint density at radius 3 is 3.00 bits per heavy atom. The van der Waals surface area contributed by atoms with Crippen molar-refractivity contribution < 1.29 is 8.78 Å². The van der Waals surface area contributed by atoms with Crippen LogP contribution in [0.3, 0.4) is 0 Å². The Morgan fingerprint density at radius 1 is 1.50 bits per heavy atom. The number of thioether (sulfide) groups is 1. The van der Waals surface area contributed by atoms with Gasteiger partial charge in [-0.05, 0) is 56.2 Å². The Kier molecular flexibility index (Phi) is 5.00. The minimum Gasteiger partial charge on any atom is -0.302 e. The normalized spacial score (nSPS) is 25.6. The van der Waals surface area contributed by atoms with Crippen LogP contribution in [0.4, 0.5) is 8.78 Å². The number of benzene rings is 1. The number of nitrogens with zero attached hydrogens (tertiary/aromatic N) is 1. The molecule has 1 N–H and O–H groups in total. The first-order valence-corrected chi connectivity index (χ1v) is 7.78. The molecule has 0 radical (unpaired) electrons. The van der Waals surface area contributed by atoms with Gasteiger partial charge in [-0.1, -0.05) is 6.42 Å². The van der Waals surface area contributed by atoms with Crippen molar-refractivity contribution in [1.29, 1.82) is 5.26 Å². The van der Waals surface area contributed by atoms with Gasteiger partial charge in [0.25, 0.3) is 0 Å². The molecule has 2 unspecified atom stereocenters. The van der Waals surface area contributed by atoms with E-state index >= 15 is 0 Å². The summed E-state index contributed by atoms with van der Waals surface area (Å²) in [7, 11) is 1.82. The molecule has 1 aliphatic rings. The van der Waals surface area contributed by atoms with Crippen LogP contribution in [0.5, 0.6) is 0 Å². The van der Waals surface area contributed by atoms with Gasteiger partial charge in [-0.15, -0.1) is 11.8 Å². The molecule has 0 amide bonds. The zero-order chi connectivity index (χ0) is 14.6. The lowest BCUT2D eigenvalue weighted by molar-refractivity contribution is 0.332. The highest BCUT2D eigenvalue weighted by Crippen LogP contribution is 2.38. The fourth-order valence-corrected chi connectivity index (χ4v) is 3.92. The predicted molar refractivity (Wildman–Crippen MR) is 76.4 cm³/mol. The highest BCUT2D eigenvalue weighted by atomic mass is 32.2. The summed E-state index contributed by atoms with van der Waals surface area (Å²) in [5, 5.41) is 12.5. The molecule has 108 valence electrons. The van der Waals surface area contributed by atoms with Gasteiger partial charge in [-0.3, -0.25) is 0 Å². The lowest BCUT2D eigenvalue weighted by atomic mass is 9.87. The lowest BCUT2D eigenvalue weighted by Gasteiger charge is -2.28. The molecule has 2 nitrogen and oxygen atoms in total. The van der Waals surface area contributed by atoms with E-state index in [4.69, 9.17) is 0 Å². The Morgan fingerprint density at radius 2 is 2.30 bits per heavy atom. The fraction of sp³-hybridized carbons (Fsp3) is 0.533. The summed E-state index contributed by atoms with van der Waals surface area (Å²) in [6, 6.07) is 5.89. The van der Waals surface area contributed by atoms with Gasteiger partial charge in [0.1, 0.15) is 17.2 Å². The Balaban J connectivity index is 1.93. The molecule has 20 heavy (non-hydrogen) atoms. The van der Waals surface area contributed by atoms with Crippen LogP contribution in [0.15, 0.2) is 23.1 Å². The van der Waals surface area contributed by atoms with Gasteiger partial charge in [0, 0.05) is 4.90 Å². The molecule has 0 spiro atoms. The van der Waals surface area contributed by atoms with E-state index in [0.29, 0.717) is 10.6 Å². The second-order valence-corrected chi connectivity index (χ2v) is 6.27. The van der Waals surface area contributed by atoms with Crippen LogP contribution >= 0.6 is 11.8 Å². The van der Waals surface area contributed by atoms with E-state index in [1.54, 1.807) is 0 Å². The monoisotopic (exact) mass is 296 g/mol. The fourth-order valence-electron chi connectivity index (χ4n) is 2.90. The molecule has 1 fully saturated rings. The van der Waals surface area contributed by atoms with Crippen molar-refractivity contribution in [2.75, 3.05) is 12.8 Å². The van der Waals surface area contributed by atoms with E-state index in [9.17, 15) is 14.0 Å². The highest BCUT2D eigenvalue weighted by molar-refractivity contribution is 7.99. The standard InChI is InChI=1S/C15H18F2N2S/c1-19-15(10-18)7-2-3-11(15)6-8-20-14-9-12(16)4-5-13(14)17/h4-5,9,11,19H,2-3,6-8H2,1H3. The molecule has 5 heteroatoms. The van der Waals surface area contributed by atoms with Crippen molar-refractivity contribution in [1.82, 2.24) is 5.32 Å². The summed E-state index contributed by atoms with van der Waals surface area (Å²) in [4.78, 5) is 0.343. The van der Waals surface area contributed by atoms with E-state index in [-0.39, 0.29) is 11.7 Å². The molecule has 0 bridgehead atoms. The van der Waals surface area contributed by atoms with Crippen LogP contribution in [0.25, 0.3) is 0 Å². The first-order valence-electron chi connectivity index (χ1n) is 6.79. The van der Waals surface area contributed by atoms with E-state index in [1.807, 2.05) is 7.05 Å². The molecule has 0 heterocycles. The van der Waals surface area contributed by atoms with Crippen molar-refractivity contribution in [3.05, 3.63) is 29.8 Å². The number of rotatable bonds is 5. The number of halogens is 2. The number of hydrogen-bond donors (Lipinski definition) is 1. The molecule has 0 saturated heterocycles. The summed E-state index contributed by atoms with van der Waals surface area (Å²) in [5.41, 5.74) is -0.443. The molecular formula is C15H18F2N2S. The molecular weight excluding hydrogens is 278 g/mol. The summed E-state index contributed by atoms with van der Waals surface area (Å²) in [6.45, 7) is 0. The zero-order valence-corrected chi connectivity index (χ0v) is 12.3. The maximum atomic E-state index is 13.5. The van der Waals surface area contributed by atoms with Gasteiger partial charge in [0.2, 0.25) is 0 Å². The highest BCUT2D eigenvalue weighted by Gasteiger charge is 2.41. The van der Waals surface area contributed by atoms with Gasteiger partial charge >= 0.3 is 0 Å². The van der Waals surface area contributed by atoms with Gasteiger partial charge in [-0.25, -0.2) is 8.78 Å². The molecule has 0 aliphatic heterocycles. The van der Waals surface area contributed by atoms with Gasteiger partial charge < -0.3 is 5.32 Å². The maximum Gasteiger partial charge on any atom is 0.136 e. The summed E-state index contributed by atoms with van der Waals surface area (Å²) in [6.07, 6.45) is 3.75. The Bertz CT molecular complexity index is 515. The van der Waals surface area contributed by atoms with Crippen molar-refractivity contribution >= 4 is 11.8 Å². The van der Waals surface area contributed by atoms with E-state index in [2.05, 4.69) is 11.4 Å². The maximum absolute atomic E-state index is 13.5. The van der Waals surface area contributed by atoms with Crippen molar-refractivity contribution in [2.24, 2.45) is 5.92 Å². The van der Waals surface area contributed by atoms with E-state index < -0.39 is 11.4 Å². The molecule has 1 aliphatic carbocycles. The quantitative estimate of drug-likeness (QED) is 0.841. The van der Waals surface area contributed by atoms with Crippen molar-refractivity contribution in [3.8, 4) is 6.07 Å². The molecule has 0 aromatic heterocycles. The molecule has 1 aromatic rings. The third kappa shape index (κ3) is 3.13. The van der Waals surface area contributed by atoms with Crippen LogP contribution in [-0.4, -0.2) is 18.3 Å². The second kappa shape index (κ2) is 6.55. The van der Waals surface area contributed by atoms with Crippen LogP contribution in [0.1, 0.15) is 25.7 Å².